The van der Waals surface area contributed by atoms with Gasteiger partial charge in [-0.1, -0.05) is 25.0 Å². The number of fused-ring (bicyclic) bond motifs is 2. The van der Waals surface area contributed by atoms with Crippen molar-refractivity contribution in [2.75, 3.05) is 13.7 Å². The molecule has 0 bridgehead atoms. The molecule has 5 amide bonds. The number of ether oxygens (including phenoxy) is 2. The Hall–Kier alpha value is -4.35. The average molecular weight is 782 g/mol. The molecule has 18 heteroatoms. The molecule has 2 heterocycles. The molecular weight excluding hydrogens is 735 g/mol. The molecule has 54 heavy (non-hydrogen) atoms. The van der Waals surface area contributed by atoms with Crippen molar-refractivity contribution in [3.63, 3.8) is 0 Å². The van der Waals surface area contributed by atoms with Gasteiger partial charge >= 0.3 is 12.3 Å². The predicted molar refractivity (Wildman–Crippen MR) is 186 cm³/mol. The van der Waals surface area contributed by atoms with E-state index >= 15 is 0 Å². The van der Waals surface area contributed by atoms with Crippen molar-refractivity contribution in [1.82, 2.24) is 25.6 Å². The minimum absolute atomic E-state index is 0.109. The summed E-state index contributed by atoms with van der Waals surface area (Å²) in [4.78, 5) is 69.7. The Morgan fingerprint density at radius 3 is 2.39 bits per heavy atom. The Kier molecular flexibility index (Phi) is 11.5. The number of carbonyl (C=O) groups excluding carboxylic acids is 5. The smallest absolute Gasteiger partial charge is 0.419 e. The molecule has 1 aromatic rings. The fraction of sp³-hybridized carbons (Fsp3) is 0.639. The molecule has 3 aliphatic carbocycles. The summed E-state index contributed by atoms with van der Waals surface area (Å²) in [7, 11) is -2.90. The van der Waals surface area contributed by atoms with Gasteiger partial charge in [-0.2, -0.15) is 13.2 Å². The number of alkyl carbamates (subject to hydrolysis) is 1. The highest BCUT2D eigenvalue weighted by Crippen LogP contribution is 2.46. The van der Waals surface area contributed by atoms with E-state index in [1.807, 2.05) is 6.08 Å². The number of benzene rings is 1. The fourth-order valence-electron chi connectivity index (χ4n) is 7.58. The second kappa shape index (κ2) is 15.8. The molecule has 1 saturated heterocycles. The van der Waals surface area contributed by atoms with Crippen LogP contribution >= 0.6 is 0 Å². The van der Waals surface area contributed by atoms with Gasteiger partial charge in [0.25, 0.3) is 11.8 Å². The number of carbonyl (C=O) groups is 5. The van der Waals surface area contributed by atoms with Crippen LogP contribution < -0.4 is 25.4 Å². The number of alkyl halides is 3. The molecule has 0 unspecified atom stereocenters. The zero-order chi connectivity index (χ0) is 38.8. The number of hydrogen-bond acceptors (Lipinski definition) is 9. The van der Waals surface area contributed by atoms with Gasteiger partial charge in [0.2, 0.25) is 21.8 Å². The van der Waals surface area contributed by atoms with E-state index in [0.29, 0.717) is 51.0 Å². The maximum atomic E-state index is 14.3. The molecule has 2 aliphatic heterocycles. The lowest BCUT2D eigenvalue weighted by Gasteiger charge is -2.30. The van der Waals surface area contributed by atoms with E-state index in [1.165, 1.54) is 4.90 Å². The first-order valence-electron chi connectivity index (χ1n) is 18.5. The lowest BCUT2D eigenvalue weighted by molar-refractivity contribution is -0.141. The maximum Gasteiger partial charge on any atom is 0.419 e. The standard InChI is InChI=1S/C36H46F3N5O9S/c1-52-29-16-13-21(17-26(29)36(37,38)39)30(45)40-23-18-28-31(46)42-35(33(48)43-54(50,51)25-14-15-25)19-22(35)9-5-3-2-4-6-12-27(32(47)44(28)20-23)41-34(49)53-24-10-7-8-11-24/h5,9,13,16-17,22-25,27-28H,2-4,6-8,10-12,14-15,18-20H2,1H3,(H,40,45)(H,41,49)(H,42,46)(H,43,48)/t22-,23-,27+,28+,35-/m1/s1. The Bertz CT molecular complexity index is 1780. The van der Waals surface area contributed by atoms with Gasteiger partial charge in [0.05, 0.1) is 17.9 Å². The van der Waals surface area contributed by atoms with Crippen molar-refractivity contribution < 1.29 is 55.0 Å². The van der Waals surface area contributed by atoms with E-state index in [1.54, 1.807) is 6.08 Å². The molecule has 6 rings (SSSR count). The third-order valence-corrected chi connectivity index (χ3v) is 12.7. The molecule has 0 radical (unpaired) electrons. The van der Waals surface area contributed by atoms with Crippen molar-refractivity contribution in [1.29, 1.82) is 0 Å². The lowest BCUT2D eigenvalue weighted by atomic mass is 10.0. The van der Waals surface area contributed by atoms with Crippen LogP contribution in [0.15, 0.2) is 30.4 Å². The summed E-state index contributed by atoms with van der Waals surface area (Å²) in [5.74, 6) is -4.23. The summed E-state index contributed by atoms with van der Waals surface area (Å²) in [5, 5.41) is 7.35. The number of allylic oxidation sites excluding steroid dienone is 1. The zero-order valence-electron chi connectivity index (χ0n) is 29.9. The second-order valence-electron chi connectivity index (χ2n) is 14.8. The highest BCUT2D eigenvalue weighted by atomic mass is 32.2. The van der Waals surface area contributed by atoms with Gasteiger partial charge in [0, 0.05) is 24.1 Å². The van der Waals surface area contributed by atoms with Crippen LogP contribution in [0.2, 0.25) is 0 Å². The van der Waals surface area contributed by atoms with E-state index in [9.17, 15) is 45.6 Å². The van der Waals surface area contributed by atoms with Crippen LogP contribution in [0.4, 0.5) is 18.0 Å². The number of methoxy groups -OCH3 is 1. The summed E-state index contributed by atoms with van der Waals surface area (Å²) < 4.78 is 79.2. The molecule has 4 N–H and O–H groups in total. The minimum Gasteiger partial charge on any atom is -0.496 e. The van der Waals surface area contributed by atoms with Gasteiger partial charge in [-0.25, -0.2) is 13.2 Å². The summed E-state index contributed by atoms with van der Waals surface area (Å²) in [5.41, 5.74) is -3.12. The highest BCUT2D eigenvalue weighted by molar-refractivity contribution is 7.91. The van der Waals surface area contributed by atoms with E-state index in [-0.39, 0.29) is 37.5 Å². The summed E-state index contributed by atoms with van der Waals surface area (Å²) in [6.07, 6.45) is 4.51. The van der Waals surface area contributed by atoms with Crippen LogP contribution in [-0.4, -0.2) is 91.7 Å². The van der Waals surface area contributed by atoms with E-state index in [2.05, 4.69) is 20.7 Å². The van der Waals surface area contributed by atoms with Gasteiger partial charge in [-0.15, -0.1) is 0 Å². The molecule has 0 aromatic heterocycles. The van der Waals surface area contributed by atoms with Gasteiger partial charge < -0.3 is 30.3 Å². The van der Waals surface area contributed by atoms with Crippen molar-refractivity contribution in [3.05, 3.63) is 41.5 Å². The summed E-state index contributed by atoms with van der Waals surface area (Å²) in [6, 6.07) is -0.537. The zero-order valence-corrected chi connectivity index (χ0v) is 30.7. The molecule has 1 aromatic carbocycles. The van der Waals surface area contributed by atoms with Gasteiger partial charge in [-0.3, -0.25) is 23.9 Å². The number of rotatable bonds is 8. The van der Waals surface area contributed by atoms with Gasteiger partial charge in [0.15, 0.2) is 0 Å². The van der Waals surface area contributed by atoms with E-state index < -0.39 is 92.1 Å². The molecule has 4 fully saturated rings. The van der Waals surface area contributed by atoms with Gasteiger partial charge in [0.1, 0.15) is 29.5 Å². The largest absolute Gasteiger partial charge is 0.496 e. The Balaban J connectivity index is 1.27. The SMILES string of the molecule is COc1ccc(C(=O)N[C@@H]2C[C@H]3C(=O)N[C@]4(C(=O)NS(=O)(=O)C5CC5)C[C@H]4C=CCCCCC[C@H](NC(=O)OC4CCCC4)C(=O)N3C2)cc1C(F)(F)F. The van der Waals surface area contributed by atoms with Crippen molar-refractivity contribution in [3.8, 4) is 5.75 Å². The topological polar surface area (TPSA) is 189 Å². The van der Waals surface area contributed by atoms with E-state index in [4.69, 9.17) is 9.47 Å². The number of halogens is 3. The number of nitrogens with zero attached hydrogens (tertiary/aromatic N) is 1. The minimum atomic E-state index is -4.82. The van der Waals surface area contributed by atoms with Crippen LogP contribution in [0.5, 0.6) is 5.75 Å². The van der Waals surface area contributed by atoms with Crippen LogP contribution in [0.1, 0.15) is 99.4 Å². The first-order valence-corrected chi connectivity index (χ1v) is 20.0. The third-order valence-electron chi connectivity index (χ3n) is 10.9. The molecule has 5 atom stereocenters. The Labute approximate surface area is 311 Å². The molecule has 0 spiro atoms. The number of sulfonamides is 1. The molecule has 14 nitrogen and oxygen atoms in total. The second-order valence-corrected chi connectivity index (χ2v) is 16.8. The first-order chi connectivity index (χ1) is 25.6. The molecule has 5 aliphatic rings. The number of nitrogens with one attached hydrogen (secondary N) is 4. The molecule has 3 saturated carbocycles. The van der Waals surface area contributed by atoms with E-state index in [0.717, 1.165) is 38.5 Å². The van der Waals surface area contributed by atoms with Crippen LogP contribution in [0, 0.1) is 5.92 Å². The van der Waals surface area contributed by atoms with Crippen LogP contribution in [0.25, 0.3) is 0 Å². The van der Waals surface area contributed by atoms with Crippen LogP contribution in [-0.2, 0) is 35.3 Å². The number of hydrogen-bond donors (Lipinski definition) is 4. The average Bonchev–Trinajstić information content (AvgIpc) is 3.99. The fourth-order valence-corrected chi connectivity index (χ4v) is 8.94. The maximum absolute atomic E-state index is 14.3. The van der Waals surface area contributed by atoms with Crippen molar-refractivity contribution in [2.45, 2.75) is 125 Å². The summed E-state index contributed by atoms with van der Waals surface area (Å²) >= 11 is 0. The van der Waals surface area contributed by atoms with Crippen molar-refractivity contribution >= 4 is 39.7 Å². The third kappa shape index (κ3) is 8.95. The van der Waals surface area contributed by atoms with Crippen LogP contribution in [0.3, 0.4) is 0 Å². The predicted octanol–water partition coefficient (Wildman–Crippen LogP) is 3.45. The highest BCUT2D eigenvalue weighted by Gasteiger charge is 2.62. The monoisotopic (exact) mass is 781 g/mol. The van der Waals surface area contributed by atoms with Crippen molar-refractivity contribution in [2.24, 2.45) is 5.92 Å². The van der Waals surface area contributed by atoms with Gasteiger partial charge in [-0.05, 0) is 88.8 Å². The first kappa shape index (κ1) is 39.3. The Morgan fingerprint density at radius 2 is 1.70 bits per heavy atom. The number of amides is 5. The quantitative estimate of drug-likeness (QED) is 0.287. The lowest BCUT2D eigenvalue weighted by Crippen LogP contribution is -2.58. The Morgan fingerprint density at radius 1 is 0.981 bits per heavy atom. The molecule has 296 valence electrons. The normalized spacial score (nSPS) is 28.1. The summed E-state index contributed by atoms with van der Waals surface area (Å²) in [6.45, 7) is -0.251. The molecular formula is C36H46F3N5O9S.